The molecule has 2 atom stereocenters. The summed E-state index contributed by atoms with van der Waals surface area (Å²) in [6.07, 6.45) is 44.0. The first kappa shape index (κ1) is 52.7. The van der Waals surface area contributed by atoms with Gasteiger partial charge in [0.15, 0.2) is 6.10 Å². The summed E-state index contributed by atoms with van der Waals surface area (Å²) in [4.78, 5) is 37.5. The average molecular weight is 794 g/mol. The third-order valence-corrected chi connectivity index (χ3v) is 9.77. The second-order valence-electron chi connectivity index (χ2n) is 15.3. The average Bonchev–Trinajstić information content (AvgIpc) is 3.13. The molecule has 1 unspecified atom stereocenters. The molecule has 0 rings (SSSR count). The van der Waals surface area contributed by atoms with Gasteiger partial charge in [0.05, 0.1) is 27.7 Å². The molecule has 0 heterocycles. The molecule has 0 aliphatic carbocycles. The molecule has 0 radical (unpaired) electrons. The Labute approximate surface area is 336 Å². The van der Waals surface area contributed by atoms with Crippen LogP contribution >= 0.6 is 7.82 Å². The zero-order chi connectivity index (χ0) is 40.7. The first-order valence-electron chi connectivity index (χ1n) is 21.5. The maximum Gasteiger partial charge on any atom is 0.306 e. The summed E-state index contributed by atoms with van der Waals surface area (Å²) in [6, 6.07) is 0. The van der Waals surface area contributed by atoms with Crippen molar-refractivity contribution in [1.29, 1.82) is 0 Å². The number of phosphoric acid groups is 1. The van der Waals surface area contributed by atoms with Gasteiger partial charge in [-0.2, -0.15) is 0 Å². The molecule has 318 valence electrons. The molecule has 0 aromatic heterocycles. The molecule has 55 heavy (non-hydrogen) atoms. The Hall–Kier alpha value is -2.29. The van der Waals surface area contributed by atoms with Crippen molar-refractivity contribution in [2.45, 2.75) is 168 Å². The summed E-state index contributed by atoms with van der Waals surface area (Å²) in [7, 11) is 1.12. The predicted octanol–water partition coefficient (Wildman–Crippen LogP) is 11.4. The topological polar surface area (TPSA) is 111 Å². The molecule has 0 aliphatic heterocycles. The molecule has 0 aromatic carbocycles. The first-order chi connectivity index (χ1) is 26.5. The van der Waals surface area contributed by atoms with Crippen LogP contribution < -0.4 is 4.89 Å². The number of unbranched alkanes of at least 4 members (excludes halogenated alkanes) is 14. The van der Waals surface area contributed by atoms with Crippen LogP contribution in [0.25, 0.3) is 0 Å². The Morgan fingerprint density at radius 3 is 1.53 bits per heavy atom. The van der Waals surface area contributed by atoms with Crippen molar-refractivity contribution >= 4 is 19.8 Å². The fourth-order valence-corrected chi connectivity index (χ4v) is 6.18. The number of ether oxygens (including phenoxy) is 2. The molecule has 10 heteroatoms. The van der Waals surface area contributed by atoms with Crippen molar-refractivity contribution in [3.05, 3.63) is 60.8 Å². The number of carbonyl (C=O) groups excluding carboxylic acids is 2. The SMILES string of the molecule is CC/C=C/C/C=C/C/C=C/C/C=C/C/C=C/CCCC(=O)O[C@H](COC(=O)CCCCCCCCCCCCCCCC)COP(=O)([O-])OCC[N+](C)(C)C. The van der Waals surface area contributed by atoms with Gasteiger partial charge in [0.2, 0.25) is 0 Å². The summed E-state index contributed by atoms with van der Waals surface area (Å²) in [5.41, 5.74) is 0. The van der Waals surface area contributed by atoms with Gasteiger partial charge in [-0.25, -0.2) is 0 Å². The highest BCUT2D eigenvalue weighted by molar-refractivity contribution is 7.45. The van der Waals surface area contributed by atoms with Crippen molar-refractivity contribution in [2.75, 3.05) is 47.5 Å². The van der Waals surface area contributed by atoms with E-state index in [1.165, 1.54) is 70.6 Å². The molecule has 0 aliphatic rings. The van der Waals surface area contributed by atoms with Gasteiger partial charge in [-0.1, -0.05) is 158 Å². The molecular weight excluding hydrogens is 713 g/mol. The number of allylic oxidation sites excluding steroid dienone is 10. The van der Waals surface area contributed by atoms with E-state index in [2.05, 4.69) is 68.5 Å². The van der Waals surface area contributed by atoms with Gasteiger partial charge in [-0.3, -0.25) is 14.2 Å². The lowest BCUT2D eigenvalue weighted by molar-refractivity contribution is -0.870. The Morgan fingerprint density at radius 2 is 1.04 bits per heavy atom. The van der Waals surface area contributed by atoms with E-state index in [0.717, 1.165) is 51.4 Å². The minimum atomic E-state index is -4.64. The maximum atomic E-state index is 12.6. The summed E-state index contributed by atoms with van der Waals surface area (Å²) >= 11 is 0. The fraction of sp³-hybridized carbons (Fsp3) is 0.733. The highest BCUT2D eigenvalue weighted by Crippen LogP contribution is 2.38. The predicted molar refractivity (Wildman–Crippen MR) is 226 cm³/mol. The van der Waals surface area contributed by atoms with Gasteiger partial charge in [0, 0.05) is 12.8 Å². The number of hydrogen-bond acceptors (Lipinski definition) is 8. The van der Waals surface area contributed by atoms with Crippen LogP contribution in [-0.4, -0.2) is 70.0 Å². The van der Waals surface area contributed by atoms with Crippen molar-refractivity contribution in [1.82, 2.24) is 0 Å². The van der Waals surface area contributed by atoms with Crippen LogP contribution in [0.4, 0.5) is 0 Å². The lowest BCUT2D eigenvalue weighted by atomic mass is 10.0. The van der Waals surface area contributed by atoms with Gasteiger partial charge >= 0.3 is 11.9 Å². The second-order valence-corrected chi connectivity index (χ2v) is 16.7. The number of hydrogen-bond donors (Lipinski definition) is 0. The lowest BCUT2D eigenvalue weighted by Crippen LogP contribution is -2.37. The zero-order valence-corrected chi connectivity index (χ0v) is 36.5. The van der Waals surface area contributed by atoms with Crippen molar-refractivity contribution in [3.8, 4) is 0 Å². The summed E-state index contributed by atoms with van der Waals surface area (Å²) in [5.74, 6) is -0.904. The Kier molecular flexibility index (Phi) is 35.7. The van der Waals surface area contributed by atoms with E-state index >= 15 is 0 Å². The third-order valence-electron chi connectivity index (χ3n) is 8.80. The Morgan fingerprint density at radius 1 is 0.582 bits per heavy atom. The molecular formula is C45H80NO8P. The largest absolute Gasteiger partial charge is 0.756 e. The van der Waals surface area contributed by atoms with Crippen LogP contribution in [0.2, 0.25) is 0 Å². The first-order valence-corrected chi connectivity index (χ1v) is 23.0. The highest BCUT2D eigenvalue weighted by Gasteiger charge is 2.21. The van der Waals surface area contributed by atoms with Crippen LogP contribution in [0.3, 0.4) is 0 Å². The number of rotatable bonds is 38. The van der Waals surface area contributed by atoms with E-state index in [1.807, 2.05) is 27.2 Å². The van der Waals surface area contributed by atoms with E-state index in [9.17, 15) is 19.0 Å². The van der Waals surface area contributed by atoms with E-state index in [-0.39, 0.29) is 26.1 Å². The van der Waals surface area contributed by atoms with Gasteiger partial charge in [-0.15, -0.1) is 0 Å². The van der Waals surface area contributed by atoms with Crippen LogP contribution in [0.5, 0.6) is 0 Å². The monoisotopic (exact) mass is 794 g/mol. The van der Waals surface area contributed by atoms with Gasteiger partial charge in [0.1, 0.15) is 19.8 Å². The maximum absolute atomic E-state index is 12.6. The summed E-state index contributed by atoms with van der Waals surface area (Å²) in [5, 5.41) is 0. The van der Waals surface area contributed by atoms with Crippen molar-refractivity contribution in [3.63, 3.8) is 0 Å². The van der Waals surface area contributed by atoms with Gasteiger partial charge < -0.3 is 27.9 Å². The Bertz CT molecular complexity index is 1120. The molecule has 0 saturated carbocycles. The molecule has 0 fully saturated rings. The fourth-order valence-electron chi connectivity index (χ4n) is 5.45. The van der Waals surface area contributed by atoms with Crippen molar-refractivity contribution < 1.29 is 42.1 Å². The molecule has 0 saturated heterocycles. The van der Waals surface area contributed by atoms with Crippen LogP contribution in [-0.2, 0) is 32.7 Å². The lowest BCUT2D eigenvalue weighted by Gasteiger charge is -2.28. The molecule has 0 spiro atoms. The molecule has 9 nitrogen and oxygen atoms in total. The smallest absolute Gasteiger partial charge is 0.306 e. The normalized spacial score (nSPS) is 14.2. The van der Waals surface area contributed by atoms with E-state index in [4.69, 9.17) is 18.5 Å². The van der Waals surface area contributed by atoms with E-state index < -0.39 is 32.5 Å². The number of phosphoric ester groups is 1. The summed E-state index contributed by atoms with van der Waals surface area (Å²) in [6.45, 7) is 4.04. The minimum absolute atomic E-state index is 0.0429. The molecule has 0 amide bonds. The number of carbonyl (C=O) groups is 2. The van der Waals surface area contributed by atoms with Crippen LogP contribution in [0.1, 0.15) is 162 Å². The molecule has 0 N–H and O–H groups in total. The van der Waals surface area contributed by atoms with Gasteiger partial charge in [0.25, 0.3) is 7.82 Å². The van der Waals surface area contributed by atoms with E-state index in [0.29, 0.717) is 23.9 Å². The number of quaternary nitrogens is 1. The minimum Gasteiger partial charge on any atom is -0.756 e. The number of nitrogens with zero attached hydrogens (tertiary/aromatic N) is 1. The number of esters is 2. The highest BCUT2D eigenvalue weighted by atomic mass is 31.2. The van der Waals surface area contributed by atoms with Crippen LogP contribution in [0.15, 0.2) is 60.8 Å². The third kappa shape index (κ3) is 41.2. The molecule has 0 bridgehead atoms. The summed E-state index contributed by atoms with van der Waals surface area (Å²) < 4.78 is 33.8. The van der Waals surface area contributed by atoms with Crippen LogP contribution in [0, 0.1) is 0 Å². The quantitative estimate of drug-likeness (QED) is 0.0200. The Balaban J connectivity index is 4.48. The van der Waals surface area contributed by atoms with Crippen molar-refractivity contribution in [2.24, 2.45) is 0 Å². The standard InChI is InChI=1S/C45H80NO8P/c1-6-8-10-12-14-16-18-20-22-23-24-26-28-30-32-34-36-38-45(48)54-43(42-53-55(49,50)52-40-39-46(3,4)5)41-51-44(47)37-35-33-31-29-27-25-21-19-17-15-13-11-9-7-2/h8,10,14,16,20,22,24,26,30,32,43H,6-7,9,11-13,15,17-19,21,23,25,27-29,31,33-42H2,1-5H3/b10-8+,16-14+,22-20+,26-24+,32-30+/t43-/m1/s1. The number of likely N-dealkylation sites (N-methyl/N-ethyl adjacent to an activating group) is 1. The zero-order valence-electron chi connectivity index (χ0n) is 35.6. The second kappa shape index (κ2) is 37.3. The van der Waals surface area contributed by atoms with Gasteiger partial charge in [-0.05, 0) is 51.4 Å². The molecule has 0 aromatic rings. The van der Waals surface area contributed by atoms with E-state index in [1.54, 1.807) is 0 Å².